The molecule has 108 valence electrons. The van der Waals surface area contributed by atoms with Crippen LogP contribution in [0, 0.1) is 24.2 Å². The number of alkyl halides is 1. The number of rotatable bonds is 4. The summed E-state index contributed by atoms with van der Waals surface area (Å²) < 4.78 is 20.9. The standard InChI is InChI=1S/C15H24FNO2/c1-7-15(16)13(17-11(6)18)12(8-9(2)3)19-14(15)10(4)5/h1,9-10,12-14H,8H2,2-6H3,(H,17,18)/t12-,13+,14+,15-/m1/s1. The van der Waals surface area contributed by atoms with Gasteiger partial charge in [0.05, 0.1) is 6.10 Å². The third-order valence-corrected chi connectivity index (χ3v) is 3.45. The van der Waals surface area contributed by atoms with Crippen LogP contribution in [-0.4, -0.2) is 29.8 Å². The molecule has 1 aliphatic rings. The number of carbonyl (C=O) groups is 1. The maximum atomic E-state index is 15.1. The molecule has 1 rings (SSSR count). The maximum Gasteiger partial charge on any atom is 0.219 e. The summed E-state index contributed by atoms with van der Waals surface area (Å²) in [5.74, 6) is 2.23. The van der Waals surface area contributed by atoms with Crippen LogP contribution in [0.25, 0.3) is 0 Å². The second-order valence-electron chi connectivity index (χ2n) is 6.06. The molecule has 0 aromatic rings. The van der Waals surface area contributed by atoms with Gasteiger partial charge in [0.15, 0.2) is 0 Å². The van der Waals surface area contributed by atoms with Crippen LogP contribution in [0.1, 0.15) is 41.0 Å². The van der Waals surface area contributed by atoms with Gasteiger partial charge >= 0.3 is 0 Å². The van der Waals surface area contributed by atoms with Crippen LogP contribution in [0.2, 0.25) is 0 Å². The highest BCUT2D eigenvalue weighted by Crippen LogP contribution is 2.40. The molecule has 1 fully saturated rings. The molecule has 1 amide bonds. The first-order valence-electron chi connectivity index (χ1n) is 6.81. The topological polar surface area (TPSA) is 38.3 Å². The first-order chi connectivity index (χ1) is 8.72. The summed E-state index contributed by atoms with van der Waals surface area (Å²) in [6, 6.07) is -0.773. The monoisotopic (exact) mass is 269 g/mol. The molecule has 1 heterocycles. The average Bonchev–Trinajstić information content (AvgIpc) is 2.53. The lowest BCUT2D eigenvalue weighted by molar-refractivity contribution is -0.120. The van der Waals surface area contributed by atoms with Crippen molar-refractivity contribution in [2.75, 3.05) is 0 Å². The number of amides is 1. The molecular formula is C15H24FNO2. The van der Waals surface area contributed by atoms with Crippen LogP contribution in [0.15, 0.2) is 0 Å². The summed E-state index contributed by atoms with van der Waals surface area (Å²) in [5.41, 5.74) is -1.95. The van der Waals surface area contributed by atoms with Crippen molar-refractivity contribution in [3.63, 3.8) is 0 Å². The minimum atomic E-state index is -1.95. The van der Waals surface area contributed by atoms with E-state index in [1.54, 1.807) is 0 Å². The first-order valence-corrected chi connectivity index (χ1v) is 6.81. The molecule has 0 aliphatic carbocycles. The second-order valence-corrected chi connectivity index (χ2v) is 6.06. The zero-order valence-electron chi connectivity index (χ0n) is 12.4. The lowest BCUT2D eigenvalue weighted by Crippen LogP contribution is -2.54. The Kier molecular flexibility index (Phi) is 4.98. The third kappa shape index (κ3) is 3.27. The van der Waals surface area contributed by atoms with Crippen molar-refractivity contribution in [3.8, 4) is 12.3 Å². The minimum Gasteiger partial charge on any atom is -0.368 e. The van der Waals surface area contributed by atoms with Crippen LogP contribution in [-0.2, 0) is 9.53 Å². The number of hydrogen-bond acceptors (Lipinski definition) is 2. The van der Waals surface area contributed by atoms with Gasteiger partial charge < -0.3 is 10.1 Å². The van der Waals surface area contributed by atoms with E-state index < -0.39 is 17.8 Å². The number of terminal acetylenes is 1. The van der Waals surface area contributed by atoms with Gasteiger partial charge in [-0.15, -0.1) is 6.42 Å². The van der Waals surface area contributed by atoms with E-state index in [0.29, 0.717) is 12.3 Å². The third-order valence-electron chi connectivity index (χ3n) is 3.45. The molecule has 3 nitrogen and oxygen atoms in total. The summed E-state index contributed by atoms with van der Waals surface area (Å²) in [6.07, 6.45) is 5.01. The maximum absolute atomic E-state index is 15.1. The Morgan fingerprint density at radius 1 is 1.47 bits per heavy atom. The van der Waals surface area contributed by atoms with Crippen LogP contribution in [0.5, 0.6) is 0 Å². The molecule has 0 saturated carbocycles. The number of ether oxygens (including phenoxy) is 1. The van der Waals surface area contributed by atoms with Gasteiger partial charge in [-0.25, -0.2) is 4.39 Å². The van der Waals surface area contributed by atoms with E-state index in [2.05, 4.69) is 11.2 Å². The van der Waals surface area contributed by atoms with Gasteiger partial charge in [-0.2, -0.15) is 0 Å². The molecule has 4 heteroatoms. The summed E-state index contributed by atoms with van der Waals surface area (Å²) in [5, 5.41) is 2.64. The Morgan fingerprint density at radius 2 is 2.05 bits per heavy atom. The Bertz CT molecular complexity index is 375. The van der Waals surface area contributed by atoms with Crippen molar-refractivity contribution in [2.45, 2.75) is 65.0 Å². The van der Waals surface area contributed by atoms with Gasteiger partial charge in [0.1, 0.15) is 12.1 Å². The van der Waals surface area contributed by atoms with Crippen LogP contribution in [0.3, 0.4) is 0 Å². The normalized spacial score (nSPS) is 34.6. The molecule has 0 aromatic heterocycles. The van der Waals surface area contributed by atoms with E-state index >= 15 is 4.39 Å². The summed E-state index contributed by atoms with van der Waals surface area (Å²) in [6.45, 7) is 9.18. The molecule has 0 bridgehead atoms. The highest BCUT2D eigenvalue weighted by atomic mass is 19.1. The van der Waals surface area contributed by atoms with Gasteiger partial charge in [0, 0.05) is 6.92 Å². The van der Waals surface area contributed by atoms with Gasteiger partial charge in [0.2, 0.25) is 11.6 Å². The number of nitrogens with one attached hydrogen (secondary N) is 1. The predicted molar refractivity (Wildman–Crippen MR) is 73.2 cm³/mol. The van der Waals surface area contributed by atoms with Crippen molar-refractivity contribution in [2.24, 2.45) is 11.8 Å². The molecule has 0 aromatic carbocycles. The molecule has 0 unspecified atom stereocenters. The minimum absolute atomic E-state index is 0.0468. The largest absolute Gasteiger partial charge is 0.368 e. The molecule has 1 aliphatic heterocycles. The Hall–Kier alpha value is -1.08. The Labute approximate surface area is 115 Å². The molecular weight excluding hydrogens is 245 g/mol. The second kappa shape index (κ2) is 5.92. The quantitative estimate of drug-likeness (QED) is 0.795. The molecule has 1 saturated heterocycles. The van der Waals surface area contributed by atoms with E-state index in [1.165, 1.54) is 6.92 Å². The molecule has 0 spiro atoms. The lowest BCUT2D eigenvalue weighted by Gasteiger charge is -2.28. The van der Waals surface area contributed by atoms with E-state index in [9.17, 15) is 4.79 Å². The molecule has 0 radical (unpaired) electrons. The van der Waals surface area contributed by atoms with E-state index in [-0.39, 0.29) is 17.9 Å². The fourth-order valence-corrected chi connectivity index (χ4v) is 2.70. The molecule has 4 atom stereocenters. The number of hydrogen-bond donors (Lipinski definition) is 1. The van der Waals surface area contributed by atoms with E-state index in [0.717, 1.165) is 0 Å². The summed E-state index contributed by atoms with van der Waals surface area (Å²) in [7, 11) is 0. The summed E-state index contributed by atoms with van der Waals surface area (Å²) in [4.78, 5) is 11.3. The average molecular weight is 269 g/mol. The Morgan fingerprint density at radius 3 is 2.42 bits per heavy atom. The fourth-order valence-electron chi connectivity index (χ4n) is 2.70. The first kappa shape index (κ1) is 16.0. The van der Waals surface area contributed by atoms with Crippen LogP contribution >= 0.6 is 0 Å². The smallest absolute Gasteiger partial charge is 0.219 e. The van der Waals surface area contributed by atoms with Gasteiger partial charge in [-0.3, -0.25) is 4.79 Å². The summed E-state index contributed by atoms with van der Waals surface area (Å²) >= 11 is 0. The Balaban J connectivity index is 3.07. The fraction of sp³-hybridized carbons (Fsp3) is 0.800. The van der Waals surface area contributed by atoms with E-state index in [1.807, 2.05) is 27.7 Å². The van der Waals surface area contributed by atoms with Crippen LogP contribution in [0.4, 0.5) is 4.39 Å². The van der Waals surface area contributed by atoms with Gasteiger partial charge in [-0.05, 0) is 18.3 Å². The van der Waals surface area contributed by atoms with Crippen molar-refractivity contribution >= 4 is 5.91 Å². The SMILES string of the molecule is C#C[C@]1(F)[C@H](C(C)C)O[C@H](CC(C)C)[C@@H]1NC(C)=O. The van der Waals surface area contributed by atoms with Crippen molar-refractivity contribution < 1.29 is 13.9 Å². The number of halogens is 1. The zero-order valence-corrected chi connectivity index (χ0v) is 12.4. The predicted octanol–water partition coefficient (Wildman–Crippen LogP) is 2.30. The molecule has 19 heavy (non-hydrogen) atoms. The zero-order chi connectivity index (χ0) is 14.8. The van der Waals surface area contributed by atoms with Crippen molar-refractivity contribution in [3.05, 3.63) is 0 Å². The van der Waals surface area contributed by atoms with Crippen molar-refractivity contribution in [1.82, 2.24) is 5.32 Å². The lowest BCUT2D eigenvalue weighted by atomic mass is 9.84. The van der Waals surface area contributed by atoms with Crippen molar-refractivity contribution in [1.29, 1.82) is 0 Å². The van der Waals surface area contributed by atoms with Crippen LogP contribution < -0.4 is 5.32 Å². The van der Waals surface area contributed by atoms with Gasteiger partial charge in [0.25, 0.3) is 0 Å². The molecule has 1 N–H and O–H groups in total. The van der Waals surface area contributed by atoms with E-state index in [4.69, 9.17) is 11.2 Å². The number of carbonyl (C=O) groups excluding carboxylic acids is 1. The highest BCUT2D eigenvalue weighted by molar-refractivity contribution is 5.73. The highest BCUT2D eigenvalue weighted by Gasteiger charge is 2.57. The van der Waals surface area contributed by atoms with Gasteiger partial charge in [-0.1, -0.05) is 33.6 Å².